The van der Waals surface area contributed by atoms with Gasteiger partial charge in [-0.05, 0) is 24.6 Å². The number of nitrogens with zero attached hydrogens (tertiary/aromatic N) is 3. The number of aromatic nitrogens is 2. The van der Waals surface area contributed by atoms with Gasteiger partial charge in [0.05, 0.1) is 22.0 Å². The van der Waals surface area contributed by atoms with Crippen molar-refractivity contribution in [3.05, 3.63) is 44.5 Å². The summed E-state index contributed by atoms with van der Waals surface area (Å²) in [5, 5.41) is 19.3. The van der Waals surface area contributed by atoms with Gasteiger partial charge in [0, 0.05) is 13.6 Å². The highest BCUT2D eigenvalue weighted by Crippen LogP contribution is 2.28. The number of hydrogen-bond donors (Lipinski definition) is 2. The lowest BCUT2D eigenvalue weighted by Gasteiger charge is -2.09. The second-order valence-corrected chi connectivity index (χ2v) is 4.71. The minimum atomic E-state index is -0.424. The summed E-state index contributed by atoms with van der Waals surface area (Å²) in [4.78, 5) is 12.2. The van der Waals surface area contributed by atoms with E-state index in [1.54, 1.807) is 13.0 Å². The topological polar surface area (TPSA) is 97.0 Å². The lowest BCUT2D eigenvalue weighted by Crippen LogP contribution is -2.22. The smallest absolute Gasteiger partial charge is 0.335 e. The first kappa shape index (κ1) is 14.2. The van der Waals surface area contributed by atoms with E-state index in [2.05, 4.69) is 0 Å². The van der Waals surface area contributed by atoms with Crippen LogP contribution in [0.4, 0.5) is 0 Å². The van der Waals surface area contributed by atoms with Crippen LogP contribution in [0.1, 0.15) is 16.8 Å². The summed E-state index contributed by atoms with van der Waals surface area (Å²) in [5.41, 5.74) is 6.70. The van der Waals surface area contributed by atoms with Gasteiger partial charge in [-0.2, -0.15) is 5.26 Å². The predicted octanol–water partition coefficient (Wildman–Crippen LogP) is 1.17. The van der Waals surface area contributed by atoms with Crippen LogP contribution in [0.25, 0.3) is 5.69 Å². The molecule has 0 saturated carbocycles. The molecule has 0 fully saturated rings. The van der Waals surface area contributed by atoms with Gasteiger partial charge in [0.25, 0.3) is 0 Å². The van der Waals surface area contributed by atoms with Gasteiger partial charge < -0.3 is 10.8 Å². The number of rotatable bonds is 2. The Morgan fingerprint density at radius 3 is 2.65 bits per heavy atom. The summed E-state index contributed by atoms with van der Waals surface area (Å²) in [7, 11) is 1.53. The molecule has 3 N–H and O–H groups in total. The molecule has 104 valence electrons. The van der Waals surface area contributed by atoms with Gasteiger partial charge in [-0.3, -0.25) is 4.57 Å². The van der Waals surface area contributed by atoms with E-state index in [0.717, 1.165) is 4.57 Å². The number of hydrogen-bond acceptors (Lipinski definition) is 4. The Balaban J connectivity index is 2.81. The molecule has 2 aromatic rings. The van der Waals surface area contributed by atoms with E-state index < -0.39 is 5.69 Å². The molecule has 1 aromatic heterocycles. The van der Waals surface area contributed by atoms with Gasteiger partial charge in [-0.1, -0.05) is 11.6 Å². The Kier molecular flexibility index (Phi) is 3.57. The van der Waals surface area contributed by atoms with Crippen LogP contribution in [0.5, 0.6) is 5.88 Å². The maximum absolute atomic E-state index is 12.2. The van der Waals surface area contributed by atoms with E-state index in [4.69, 9.17) is 22.6 Å². The third kappa shape index (κ3) is 1.88. The fourth-order valence-electron chi connectivity index (χ4n) is 2.08. The van der Waals surface area contributed by atoms with Crippen LogP contribution in [0, 0.1) is 18.3 Å². The second kappa shape index (κ2) is 5.04. The molecule has 6 nitrogen and oxygen atoms in total. The van der Waals surface area contributed by atoms with Crippen molar-refractivity contribution in [2.75, 3.05) is 0 Å². The summed E-state index contributed by atoms with van der Waals surface area (Å²) in [6.07, 6.45) is 0. The minimum absolute atomic E-state index is 0.0353. The molecule has 0 aliphatic carbocycles. The van der Waals surface area contributed by atoms with E-state index in [-0.39, 0.29) is 17.4 Å². The van der Waals surface area contributed by atoms with Crippen molar-refractivity contribution in [2.45, 2.75) is 13.5 Å². The van der Waals surface area contributed by atoms with E-state index in [1.165, 1.54) is 17.7 Å². The standard InChI is InChI=1S/C13H13ClN4O2/c1-7-9(4-3-8(5-15)11(7)14)18-12(19)10(6-16)17(2)13(18)20/h3-4,19H,6,16H2,1-2H3. The molecule has 1 heterocycles. The van der Waals surface area contributed by atoms with Crippen LogP contribution in [-0.2, 0) is 13.6 Å². The monoisotopic (exact) mass is 292 g/mol. The van der Waals surface area contributed by atoms with Crippen LogP contribution in [0.3, 0.4) is 0 Å². The number of nitriles is 1. The van der Waals surface area contributed by atoms with Gasteiger partial charge in [0.2, 0.25) is 5.88 Å². The molecule has 0 bridgehead atoms. The van der Waals surface area contributed by atoms with Crippen molar-refractivity contribution >= 4 is 11.6 Å². The van der Waals surface area contributed by atoms with Gasteiger partial charge in [0.15, 0.2) is 0 Å². The zero-order valence-electron chi connectivity index (χ0n) is 11.0. The second-order valence-electron chi connectivity index (χ2n) is 4.33. The first-order valence-corrected chi connectivity index (χ1v) is 6.21. The van der Waals surface area contributed by atoms with Crippen molar-refractivity contribution in [1.82, 2.24) is 9.13 Å². The van der Waals surface area contributed by atoms with Crippen molar-refractivity contribution in [3.8, 4) is 17.6 Å². The highest BCUT2D eigenvalue weighted by atomic mass is 35.5. The Morgan fingerprint density at radius 2 is 2.15 bits per heavy atom. The fraction of sp³-hybridized carbons (Fsp3) is 0.231. The molecule has 0 radical (unpaired) electrons. The number of aromatic hydroxyl groups is 1. The number of imidazole rings is 1. The fourth-order valence-corrected chi connectivity index (χ4v) is 2.29. The van der Waals surface area contributed by atoms with Crippen molar-refractivity contribution in [1.29, 1.82) is 5.26 Å². The van der Waals surface area contributed by atoms with Crippen molar-refractivity contribution < 1.29 is 5.11 Å². The normalized spacial score (nSPS) is 10.6. The van der Waals surface area contributed by atoms with E-state index in [0.29, 0.717) is 22.5 Å². The molecule has 2 rings (SSSR count). The molecule has 0 saturated heterocycles. The summed E-state index contributed by atoms with van der Waals surface area (Å²) in [6.45, 7) is 1.72. The van der Waals surface area contributed by atoms with Crippen molar-refractivity contribution in [3.63, 3.8) is 0 Å². The number of halogens is 1. The zero-order chi connectivity index (χ0) is 15.0. The summed E-state index contributed by atoms with van der Waals surface area (Å²) < 4.78 is 2.41. The lowest BCUT2D eigenvalue weighted by atomic mass is 10.1. The van der Waals surface area contributed by atoms with E-state index >= 15 is 0 Å². The highest BCUT2D eigenvalue weighted by Gasteiger charge is 2.20. The molecule has 0 aliphatic rings. The quantitative estimate of drug-likeness (QED) is 0.868. The Labute approximate surface area is 120 Å². The third-order valence-electron chi connectivity index (χ3n) is 3.27. The van der Waals surface area contributed by atoms with Gasteiger partial charge >= 0.3 is 5.69 Å². The van der Waals surface area contributed by atoms with E-state index in [9.17, 15) is 9.90 Å². The molecule has 20 heavy (non-hydrogen) atoms. The average Bonchev–Trinajstić information content (AvgIpc) is 2.64. The summed E-state index contributed by atoms with van der Waals surface area (Å²) >= 11 is 6.08. The Morgan fingerprint density at radius 1 is 1.50 bits per heavy atom. The first-order valence-electron chi connectivity index (χ1n) is 5.83. The molecule has 0 spiro atoms. The number of benzene rings is 1. The number of nitrogens with two attached hydrogens (primary N) is 1. The predicted molar refractivity (Wildman–Crippen MR) is 75.0 cm³/mol. The molecule has 0 unspecified atom stereocenters. The SMILES string of the molecule is Cc1c(-n2c(O)c(CN)n(C)c2=O)ccc(C#N)c1Cl. The third-order valence-corrected chi connectivity index (χ3v) is 3.75. The lowest BCUT2D eigenvalue weighted by molar-refractivity contribution is 0.433. The van der Waals surface area contributed by atoms with E-state index in [1.807, 2.05) is 6.07 Å². The maximum Gasteiger partial charge on any atom is 0.335 e. The summed E-state index contributed by atoms with van der Waals surface area (Å²) in [6, 6.07) is 5.04. The van der Waals surface area contributed by atoms with Crippen LogP contribution < -0.4 is 11.4 Å². The first-order chi connectivity index (χ1) is 9.43. The van der Waals surface area contributed by atoms with Crippen LogP contribution >= 0.6 is 11.6 Å². The largest absolute Gasteiger partial charge is 0.493 e. The minimum Gasteiger partial charge on any atom is -0.493 e. The van der Waals surface area contributed by atoms with Crippen LogP contribution in [0.15, 0.2) is 16.9 Å². The maximum atomic E-state index is 12.2. The van der Waals surface area contributed by atoms with Gasteiger partial charge in [-0.25, -0.2) is 9.36 Å². The van der Waals surface area contributed by atoms with Crippen molar-refractivity contribution in [2.24, 2.45) is 12.8 Å². The van der Waals surface area contributed by atoms with Crippen LogP contribution in [-0.4, -0.2) is 14.2 Å². The molecule has 1 aromatic carbocycles. The average molecular weight is 293 g/mol. The Bertz CT molecular complexity index is 783. The molecule has 0 aliphatic heterocycles. The highest BCUT2D eigenvalue weighted by molar-refractivity contribution is 6.32. The molecule has 7 heteroatoms. The molecule has 0 atom stereocenters. The zero-order valence-corrected chi connectivity index (χ0v) is 11.8. The van der Waals surface area contributed by atoms with Crippen LogP contribution in [0.2, 0.25) is 5.02 Å². The van der Waals surface area contributed by atoms with Gasteiger partial charge in [-0.15, -0.1) is 0 Å². The molecule has 0 amide bonds. The Hall–Kier alpha value is -2.23. The van der Waals surface area contributed by atoms with Gasteiger partial charge in [0.1, 0.15) is 6.07 Å². The summed E-state index contributed by atoms with van der Waals surface area (Å²) in [5.74, 6) is -0.219. The molecular weight excluding hydrogens is 280 g/mol. The molecular formula is C13H13ClN4O2.